The molecule has 2 aromatic rings. The van der Waals surface area contributed by atoms with Crippen molar-refractivity contribution in [3.8, 4) is 0 Å². The predicted molar refractivity (Wildman–Crippen MR) is 115 cm³/mol. The molecular formula is C21H22F3IN2O2. The zero-order valence-electron chi connectivity index (χ0n) is 15.6. The van der Waals surface area contributed by atoms with Crippen LogP contribution in [0.4, 0.5) is 18.9 Å². The van der Waals surface area contributed by atoms with Crippen LogP contribution in [0, 0.1) is 5.92 Å². The largest absolute Gasteiger partial charge is 0.431 e. The maximum Gasteiger partial charge on any atom is 0.431 e. The van der Waals surface area contributed by atoms with E-state index in [1.54, 1.807) is 60.7 Å². The quantitative estimate of drug-likeness (QED) is 0.292. The molecule has 0 spiro atoms. The first-order chi connectivity index (χ1) is 13.9. The third-order valence-electron chi connectivity index (χ3n) is 4.69. The van der Waals surface area contributed by atoms with Crippen molar-refractivity contribution in [2.75, 3.05) is 16.0 Å². The average molecular weight is 518 g/mol. The van der Waals surface area contributed by atoms with Crippen molar-refractivity contribution in [3.63, 3.8) is 0 Å². The van der Waals surface area contributed by atoms with E-state index in [2.05, 4.69) is 27.7 Å². The van der Waals surface area contributed by atoms with Crippen LogP contribution in [0.3, 0.4) is 0 Å². The van der Waals surface area contributed by atoms with Gasteiger partial charge in [-0.05, 0) is 35.0 Å². The van der Waals surface area contributed by atoms with E-state index in [1.807, 2.05) is 0 Å². The second-order valence-corrected chi connectivity index (χ2v) is 7.78. The minimum atomic E-state index is -4.69. The van der Waals surface area contributed by atoms with Gasteiger partial charge in [0.25, 0.3) is 0 Å². The smallest absolute Gasteiger partial charge is 0.373 e. The lowest BCUT2D eigenvalue weighted by atomic mass is 9.89. The summed E-state index contributed by atoms with van der Waals surface area (Å²) in [4.78, 5) is 0. The highest BCUT2D eigenvalue weighted by Crippen LogP contribution is 2.41. The third-order valence-corrected chi connectivity index (χ3v) is 5.46. The standard InChI is InChI=1S/C21H22F3IN2O2/c22-21(23,24)19-17(20(28)27(26-19)16-11-5-2-6-12-16)18(29-14-8-7-13-25)15-9-3-1-4-10-15/h1-6,9-12,17-18,20,28H,7-8,13-14H2. The van der Waals surface area contributed by atoms with Gasteiger partial charge in [-0.3, -0.25) is 0 Å². The number of hydrogen-bond donors (Lipinski definition) is 1. The first kappa shape index (κ1) is 22.0. The molecule has 1 heterocycles. The molecular weight excluding hydrogens is 496 g/mol. The highest BCUT2D eigenvalue weighted by Gasteiger charge is 2.53. The molecule has 156 valence electrons. The van der Waals surface area contributed by atoms with Crippen LogP contribution in [0.1, 0.15) is 24.5 Å². The zero-order chi connectivity index (χ0) is 20.9. The highest BCUT2D eigenvalue weighted by molar-refractivity contribution is 14.1. The SMILES string of the molecule is OC1C(C(OCCCCI)c2ccccc2)C(C(F)(F)F)=NN1c1ccccc1. The fourth-order valence-electron chi connectivity index (χ4n) is 3.33. The molecule has 0 saturated heterocycles. The number of unbranched alkanes of at least 4 members (excludes halogenated alkanes) is 1. The zero-order valence-corrected chi connectivity index (χ0v) is 17.8. The van der Waals surface area contributed by atoms with Crippen LogP contribution in [0.2, 0.25) is 0 Å². The normalized spacial score (nSPS) is 20.6. The van der Waals surface area contributed by atoms with Crippen LogP contribution in [0.5, 0.6) is 0 Å². The molecule has 29 heavy (non-hydrogen) atoms. The fraction of sp³-hybridized carbons (Fsp3) is 0.381. The van der Waals surface area contributed by atoms with Crippen molar-refractivity contribution >= 4 is 34.0 Å². The number of hydrazone groups is 1. The Morgan fingerprint density at radius 2 is 1.66 bits per heavy atom. The fourth-order valence-corrected chi connectivity index (χ4v) is 3.87. The van der Waals surface area contributed by atoms with Gasteiger partial charge < -0.3 is 9.84 Å². The van der Waals surface area contributed by atoms with Gasteiger partial charge in [-0.2, -0.15) is 18.3 Å². The van der Waals surface area contributed by atoms with Gasteiger partial charge in [0.2, 0.25) is 0 Å². The van der Waals surface area contributed by atoms with Gasteiger partial charge in [-0.25, -0.2) is 5.01 Å². The predicted octanol–water partition coefficient (Wildman–Crippen LogP) is 5.33. The van der Waals surface area contributed by atoms with Crippen molar-refractivity contribution < 1.29 is 23.0 Å². The second-order valence-electron chi connectivity index (χ2n) is 6.70. The van der Waals surface area contributed by atoms with Crippen LogP contribution >= 0.6 is 22.6 Å². The molecule has 3 unspecified atom stereocenters. The Balaban J connectivity index is 1.96. The summed E-state index contributed by atoms with van der Waals surface area (Å²) in [6.07, 6.45) is -5.51. The molecule has 0 radical (unpaired) electrons. The molecule has 0 aliphatic carbocycles. The Bertz CT molecular complexity index is 803. The molecule has 3 atom stereocenters. The minimum absolute atomic E-state index is 0.308. The number of aliphatic hydroxyl groups excluding tert-OH is 1. The number of aliphatic hydroxyl groups is 1. The van der Waals surface area contributed by atoms with Gasteiger partial charge in [0, 0.05) is 6.61 Å². The molecule has 0 saturated carbocycles. The minimum Gasteiger partial charge on any atom is -0.373 e. The lowest BCUT2D eigenvalue weighted by molar-refractivity contribution is -0.0746. The highest BCUT2D eigenvalue weighted by atomic mass is 127. The van der Waals surface area contributed by atoms with Crippen LogP contribution in [0.15, 0.2) is 65.8 Å². The number of rotatable bonds is 8. The number of ether oxygens (including phenoxy) is 1. The number of alkyl halides is 4. The van der Waals surface area contributed by atoms with Crippen LogP contribution in [-0.2, 0) is 4.74 Å². The summed E-state index contributed by atoms with van der Waals surface area (Å²) in [5, 5.41) is 15.7. The molecule has 1 aliphatic heterocycles. The Labute approximate surface area is 181 Å². The van der Waals surface area contributed by atoms with Crippen LogP contribution in [-0.4, -0.2) is 34.3 Å². The van der Waals surface area contributed by atoms with E-state index in [0.29, 0.717) is 17.9 Å². The van der Waals surface area contributed by atoms with E-state index >= 15 is 0 Å². The van der Waals surface area contributed by atoms with Gasteiger partial charge in [-0.15, -0.1) is 0 Å². The third kappa shape index (κ3) is 5.29. The number of nitrogens with zero attached hydrogens (tertiary/aromatic N) is 2. The van der Waals surface area contributed by atoms with Crippen molar-refractivity contribution in [1.29, 1.82) is 0 Å². The van der Waals surface area contributed by atoms with E-state index in [1.165, 1.54) is 0 Å². The first-order valence-corrected chi connectivity index (χ1v) is 10.9. The Morgan fingerprint density at radius 3 is 2.24 bits per heavy atom. The van der Waals surface area contributed by atoms with E-state index in [9.17, 15) is 18.3 Å². The van der Waals surface area contributed by atoms with Crippen LogP contribution in [0.25, 0.3) is 0 Å². The van der Waals surface area contributed by atoms with E-state index in [0.717, 1.165) is 22.3 Å². The summed E-state index contributed by atoms with van der Waals surface area (Å²) in [5.74, 6) is -1.36. The summed E-state index contributed by atoms with van der Waals surface area (Å²) in [7, 11) is 0. The lowest BCUT2D eigenvalue weighted by Gasteiger charge is -2.30. The van der Waals surface area contributed by atoms with Crippen molar-refractivity contribution in [1.82, 2.24) is 0 Å². The van der Waals surface area contributed by atoms with Gasteiger partial charge in [0.05, 0.1) is 17.7 Å². The number of benzene rings is 2. The van der Waals surface area contributed by atoms with Gasteiger partial charge >= 0.3 is 6.18 Å². The summed E-state index contributed by atoms with van der Waals surface area (Å²) in [5.41, 5.74) is -0.0598. The average Bonchev–Trinajstić information content (AvgIpc) is 3.07. The molecule has 8 heteroatoms. The number of anilines is 1. The van der Waals surface area contributed by atoms with E-state index < -0.39 is 30.1 Å². The first-order valence-electron chi connectivity index (χ1n) is 9.34. The maximum atomic E-state index is 13.9. The molecule has 0 bridgehead atoms. The molecule has 3 rings (SSSR count). The van der Waals surface area contributed by atoms with Crippen LogP contribution < -0.4 is 5.01 Å². The van der Waals surface area contributed by atoms with E-state index in [-0.39, 0.29) is 0 Å². The summed E-state index contributed by atoms with van der Waals surface area (Å²) >= 11 is 2.25. The number of hydrogen-bond acceptors (Lipinski definition) is 4. The summed E-state index contributed by atoms with van der Waals surface area (Å²) in [6.45, 7) is 0.308. The number of para-hydroxylation sites is 1. The maximum absolute atomic E-state index is 13.9. The molecule has 1 N–H and O–H groups in total. The molecule has 0 amide bonds. The molecule has 4 nitrogen and oxygen atoms in total. The molecule has 0 aromatic heterocycles. The second kappa shape index (κ2) is 9.90. The lowest BCUT2D eigenvalue weighted by Crippen LogP contribution is -2.41. The van der Waals surface area contributed by atoms with Crippen molar-refractivity contribution in [2.24, 2.45) is 11.0 Å². The van der Waals surface area contributed by atoms with Gasteiger partial charge in [0.15, 0.2) is 11.9 Å². The topological polar surface area (TPSA) is 45.1 Å². The van der Waals surface area contributed by atoms with Gasteiger partial charge in [0.1, 0.15) is 0 Å². The van der Waals surface area contributed by atoms with Crippen molar-refractivity contribution in [2.45, 2.75) is 31.3 Å². The Kier molecular flexibility index (Phi) is 7.53. The monoisotopic (exact) mass is 518 g/mol. The Morgan fingerprint density at radius 1 is 1.03 bits per heavy atom. The number of halogens is 4. The van der Waals surface area contributed by atoms with Gasteiger partial charge in [-0.1, -0.05) is 71.1 Å². The molecule has 0 fully saturated rings. The summed E-state index contributed by atoms with van der Waals surface area (Å²) in [6, 6.07) is 17.1. The molecule has 1 aliphatic rings. The molecule has 2 aromatic carbocycles. The Hall–Kier alpha value is -1.65. The van der Waals surface area contributed by atoms with E-state index in [4.69, 9.17) is 4.74 Å². The summed E-state index contributed by atoms with van der Waals surface area (Å²) < 4.78 is 48.5. The van der Waals surface area contributed by atoms with Crippen molar-refractivity contribution in [3.05, 3.63) is 66.2 Å².